The van der Waals surface area contributed by atoms with Gasteiger partial charge in [-0.05, 0) is 50.4 Å². The molecule has 0 aliphatic carbocycles. The van der Waals surface area contributed by atoms with E-state index in [1.807, 2.05) is 0 Å². The number of azide groups is 1. The molecule has 1 atom stereocenters. The van der Waals surface area contributed by atoms with Crippen LogP contribution in [0.1, 0.15) is 33.3 Å². The molecule has 1 rings (SSSR count). The highest BCUT2D eigenvalue weighted by Crippen LogP contribution is 2.14. The summed E-state index contributed by atoms with van der Waals surface area (Å²) in [6.45, 7) is 6.02. The maximum absolute atomic E-state index is 12.2. The molecule has 0 aliphatic rings. The maximum atomic E-state index is 12.2. The molecule has 0 aliphatic heterocycles. The minimum atomic E-state index is -0.921. The van der Waals surface area contributed by atoms with Crippen LogP contribution in [0.15, 0.2) is 29.4 Å². The predicted octanol–water partition coefficient (Wildman–Crippen LogP) is 2.93. The number of hydrogen-bond acceptors (Lipinski definition) is 6. The third kappa shape index (κ3) is 8.16. The molecule has 0 radical (unpaired) electrons. The van der Waals surface area contributed by atoms with E-state index in [4.69, 9.17) is 15.0 Å². The number of ether oxygens (including phenoxy) is 2. The van der Waals surface area contributed by atoms with Gasteiger partial charge in [0.25, 0.3) is 0 Å². The molecule has 140 valence electrons. The Morgan fingerprint density at radius 1 is 1.23 bits per heavy atom. The highest BCUT2D eigenvalue weighted by molar-refractivity contribution is 5.89. The number of amides is 1. The van der Waals surface area contributed by atoms with Gasteiger partial charge >= 0.3 is 12.1 Å². The van der Waals surface area contributed by atoms with E-state index >= 15 is 0 Å². The van der Waals surface area contributed by atoms with Crippen LogP contribution < -0.4 is 10.1 Å². The van der Waals surface area contributed by atoms with Crippen LogP contribution in [-0.4, -0.2) is 36.0 Å². The number of nitrogens with zero attached hydrogens (tertiary/aromatic N) is 3. The van der Waals surface area contributed by atoms with Crippen LogP contribution in [0.4, 0.5) is 4.79 Å². The first-order valence-electron chi connectivity index (χ1n) is 7.91. The molecule has 26 heavy (non-hydrogen) atoms. The molecule has 0 saturated heterocycles. The van der Waals surface area contributed by atoms with Crippen LogP contribution >= 0.6 is 0 Å². The molecule has 0 unspecified atom stereocenters. The highest BCUT2D eigenvalue weighted by Gasteiger charge is 2.24. The van der Waals surface area contributed by atoms with Crippen molar-refractivity contribution in [3.05, 3.63) is 40.3 Å². The number of esters is 1. The number of rotatable bonds is 7. The van der Waals surface area contributed by atoms with E-state index < -0.39 is 29.5 Å². The average molecular weight is 362 g/mol. The third-order valence-electron chi connectivity index (χ3n) is 2.99. The SMILES string of the molecule is CC(=O)Oc1ccc(C[C@H](NC(=O)OC(C)(C)C)C(=O)CN=[N+]=[N-])cc1. The summed E-state index contributed by atoms with van der Waals surface area (Å²) in [7, 11) is 0. The van der Waals surface area contributed by atoms with Gasteiger partial charge < -0.3 is 14.8 Å². The molecule has 9 nitrogen and oxygen atoms in total. The molecule has 1 N–H and O–H groups in total. The zero-order valence-electron chi connectivity index (χ0n) is 15.2. The summed E-state index contributed by atoms with van der Waals surface area (Å²) < 4.78 is 10.1. The summed E-state index contributed by atoms with van der Waals surface area (Å²) in [5.41, 5.74) is 8.38. The molecule has 1 amide bonds. The Hall–Kier alpha value is -3.06. The van der Waals surface area contributed by atoms with Crippen LogP contribution in [0.2, 0.25) is 0 Å². The number of carbonyl (C=O) groups excluding carboxylic acids is 3. The fourth-order valence-electron chi connectivity index (χ4n) is 2.00. The van der Waals surface area contributed by atoms with E-state index in [0.29, 0.717) is 5.75 Å². The lowest BCUT2D eigenvalue weighted by molar-refractivity contribution is -0.131. The summed E-state index contributed by atoms with van der Waals surface area (Å²) in [4.78, 5) is 37.7. The van der Waals surface area contributed by atoms with Crippen LogP contribution in [0.5, 0.6) is 5.75 Å². The Kier molecular flexibility index (Phi) is 7.61. The molecule has 0 spiro atoms. The van der Waals surface area contributed by atoms with Crippen molar-refractivity contribution in [2.75, 3.05) is 6.54 Å². The standard InChI is InChI=1S/C17H22N4O5/c1-11(22)25-13-7-5-12(6-8-13)9-14(15(23)10-19-21-18)20-16(24)26-17(2,3)4/h5-8,14H,9-10H2,1-4H3,(H,20,24)/t14-/m0/s1. The molecule has 9 heteroatoms. The quantitative estimate of drug-likeness (QED) is 0.262. The molecular weight excluding hydrogens is 340 g/mol. The predicted molar refractivity (Wildman–Crippen MR) is 93.6 cm³/mol. The number of benzene rings is 1. The Labute approximate surface area is 151 Å². The molecule has 0 bridgehead atoms. The van der Waals surface area contributed by atoms with Crippen molar-refractivity contribution in [1.82, 2.24) is 5.32 Å². The number of Topliss-reactive ketones (excluding diaryl/α,β-unsaturated/α-hetero) is 1. The van der Waals surface area contributed by atoms with Crippen LogP contribution in [0, 0.1) is 0 Å². The number of carbonyl (C=O) groups is 3. The van der Waals surface area contributed by atoms with Gasteiger partial charge in [-0.1, -0.05) is 17.2 Å². The number of hydrogen-bond donors (Lipinski definition) is 1. The summed E-state index contributed by atoms with van der Waals surface area (Å²) in [6, 6.07) is 5.58. The molecular formula is C17H22N4O5. The Morgan fingerprint density at radius 2 is 1.85 bits per heavy atom. The minimum absolute atomic E-state index is 0.166. The van der Waals surface area contributed by atoms with Gasteiger partial charge in [0.1, 0.15) is 11.4 Å². The Bertz CT molecular complexity index is 703. The van der Waals surface area contributed by atoms with Crippen molar-refractivity contribution in [1.29, 1.82) is 0 Å². The largest absolute Gasteiger partial charge is 0.444 e. The van der Waals surface area contributed by atoms with Gasteiger partial charge in [0.15, 0.2) is 5.78 Å². The summed E-state index contributed by atoms with van der Waals surface area (Å²) in [5, 5.41) is 5.74. The summed E-state index contributed by atoms with van der Waals surface area (Å²) >= 11 is 0. The maximum Gasteiger partial charge on any atom is 0.408 e. The van der Waals surface area contributed by atoms with Crippen LogP contribution in [0.3, 0.4) is 0 Å². The summed E-state index contributed by atoms with van der Waals surface area (Å²) in [6.07, 6.45) is -0.576. The second kappa shape index (κ2) is 9.43. The molecule has 0 saturated carbocycles. The first kappa shape index (κ1) is 21.0. The lowest BCUT2D eigenvalue weighted by atomic mass is 10.0. The van der Waals surface area contributed by atoms with Crippen molar-refractivity contribution in [3.63, 3.8) is 0 Å². The van der Waals surface area contributed by atoms with Crippen molar-refractivity contribution in [3.8, 4) is 5.75 Å². The summed E-state index contributed by atoms with van der Waals surface area (Å²) in [5.74, 6) is -0.511. The first-order chi connectivity index (χ1) is 12.1. The Balaban J connectivity index is 2.87. The zero-order chi connectivity index (χ0) is 19.7. The minimum Gasteiger partial charge on any atom is -0.444 e. The fourth-order valence-corrected chi connectivity index (χ4v) is 2.00. The van der Waals surface area contributed by atoms with Gasteiger partial charge in [-0.15, -0.1) is 0 Å². The lowest BCUT2D eigenvalue weighted by Crippen LogP contribution is -2.45. The van der Waals surface area contributed by atoms with Gasteiger partial charge in [-0.2, -0.15) is 0 Å². The van der Waals surface area contributed by atoms with Crippen LogP contribution in [-0.2, 0) is 20.7 Å². The molecule has 0 aromatic heterocycles. The van der Waals surface area contributed by atoms with Gasteiger partial charge in [0.05, 0.1) is 12.6 Å². The third-order valence-corrected chi connectivity index (χ3v) is 2.99. The van der Waals surface area contributed by atoms with E-state index in [9.17, 15) is 14.4 Å². The zero-order valence-corrected chi connectivity index (χ0v) is 15.2. The van der Waals surface area contributed by atoms with Crippen molar-refractivity contribution in [2.45, 2.75) is 45.8 Å². The van der Waals surface area contributed by atoms with Gasteiger partial charge in [-0.3, -0.25) is 9.59 Å². The smallest absolute Gasteiger partial charge is 0.408 e. The van der Waals surface area contributed by atoms with Crippen molar-refractivity contribution < 1.29 is 23.9 Å². The van der Waals surface area contributed by atoms with Gasteiger partial charge in [0, 0.05) is 11.8 Å². The van der Waals surface area contributed by atoms with E-state index in [1.165, 1.54) is 6.92 Å². The number of nitrogens with one attached hydrogen (secondary N) is 1. The monoisotopic (exact) mass is 362 g/mol. The topological polar surface area (TPSA) is 130 Å². The van der Waals surface area contributed by atoms with Crippen molar-refractivity contribution >= 4 is 17.8 Å². The average Bonchev–Trinajstić information content (AvgIpc) is 2.51. The second-order valence-corrected chi connectivity index (χ2v) is 6.50. The van der Waals surface area contributed by atoms with E-state index in [0.717, 1.165) is 5.56 Å². The second-order valence-electron chi connectivity index (χ2n) is 6.50. The fraction of sp³-hybridized carbons (Fsp3) is 0.471. The molecule has 0 fully saturated rings. The number of alkyl carbamates (subject to hydrolysis) is 1. The lowest BCUT2D eigenvalue weighted by Gasteiger charge is -2.23. The van der Waals surface area contributed by atoms with E-state index in [2.05, 4.69) is 15.3 Å². The van der Waals surface area contributed by atoms with Gasteiger partial charge in [-0.25, -0.2) is 4.79 Å². The normalized spacial score (nSPS) is 11.7. The Morgan fingerprint density at radius 3 is 2.35 bits per heavy atom. The first-order valence-corrected chi connectivity index (χ1v) is 7.91. The molecule has 0 heterocycles. The number of ketones is 1. The van der Waals surface area contributed by atoms with E-state index in [1.54, 1.807) is 45.0 Å². The van der Waals surface area contributed by atoms with Crippen molar-refractivity contribution in [2.24, 2.45) is 5.11 Å². The van der Waals surface area contributed by atoms with E-state index in [-0.39, 0.29) is 13.0 Å². The highest BCUT2D eigenvalue weighted by atomic mass is 16.6. The molecule has 1 aromatic carbocycles. The van der Waals surface area contributed by atoms with Gasteiger partial charge in [0.2, 0.25) is 0 Å². The van der Waals surface area contributed by atoms with Crippen LogP contribution in [0.25, 0.3) is 10.4 Å². The molecule has 1 aromatic rings.